The van der Waals surface area contributed by atoms with Crippen molar-refractivity contribution in [2.45, 2.75) is 26.3 Å². The van der Waals surface area contributed by atoms with Gasteiger partial charge in [0.15, 0.2) is 0 Å². The van der Waals surface area contributed by atoms with Crippen LogP contribution in [0.4, 0.5) is 0 Å². The second kappa shape index (κ2) is 6.22. The molecule has 0 bridgehead atoms. The SMILES string of the molecule is CCC(=O)OCCCn1ccc(=S)[nH]c1=O. The second-order valence-corrected chi connectivity index (χ2v) is 3.67. The number of nitrogens with zero attached hydrogens (tertiary/aromatic N) is 1. The van der Waals surface area contributed by atoms with Crippen LogP contribution in [-0.4, -0.2) is 22.1 Å². The molecule has 6 heteroatoms. The Hall–Kier alpha value is -1.43. The molecule has 5 nitrogen and oxygen atoms in total. The molecule has 0 atom stereocenters. The standard InChI is InChI=1S/C10H14N2O3S/c1-2-9(13)15-7-3-5-12-6-4-8(16)11-10(12)14/h4,6H,2-3,5,7H2,1H3,(H,11,14,16). The highest BCUT2D eigenvalue weighted by Crippen LogP contribution is 1.91. The molecule has 0 fully saturated rings. The van der Waals surface area contributed by atoms with Crippen LogP contribution in [0.25, 0.3) is 0 Å². The average molecular weight is 242 g/mol. The molecule has 0 amide bonds. The summed E-state index contributed by atoms with van der Waals surface area (Å²) in [6.07, 6.45) is 2.61. The van der Waals surface area contributed by atoms with Crippen molar-refractivity contribution < 1.29 is 9.53 Å². The number of carbonyl (C=O) groups is 1. The van der Waals surface area contributed by atoms with Gasteiger partial charge in [0.1, 0.15) is 4.64 Å². The number of carbonyl (C=O) groups excluding carboxylic acids is 1. The molecule has 0 aliphatic carbocycles. The maximum atomic E-state index is 11.4. The maximum absolute atomic E-state index is 11.4. The Morgan fingerprint density at radius 2 is 2.38 bits per heavy atom. The fourth-order valence-electron chi connectivity index (χ4n) is 1.14. The van der Waals surface area contributed by atoms with Crippen LogP contribution in [0.1, 0.15) is 19.8 Å². The number of hydrogen-bond donors (Lipinski definition) is 1. The van der Waals surface area contributed by atoms with E-state index in [1.54, 1.807) is 19.2 Å². The van der Waals surface area contributed by atoms with Crippen molar-refractivity contribution in [3.8, 4) is 0 Å². The average Bonchev–Trinajstić information content (AvgIpc) is 2.26. The fourth-order valence-corrected chi connectivity index (χ4v) is 1.29. The van der Waals surface area contributed by atoms with Gasteiger partial charge < -0.3 is 9.30 Å². The number of rotatable bonds is 5. The van der Waals surface area contributed by atoms with E-state index in [2.05, 4.69) is 4.98 Å². The molecule has 88 valence electrons. The Kier molecular flexibility index (Phi) is 4.91. The summed E-state index contributed by atoms with van der Waals surface area (Å²) < 4.78 is 6.80. The Bertz CT molecular complexity index is 464. The summed E-state index contributed by atoms with van der Waals surface area (Å²) in [5, 5.41) is 0. The predicted molar refractivity (Wildman–Crippen MR) is 61.8 cm³/mol. The number of H-pyrrole nitrogens is 1. The van der Waals surface area contributed by atoms with E-state index in [9.17, 15) is 9.59 Å². The molecule has 1 aromatic heterocycles. The first-order valence-electron chi connectivity index (χ1n) is 5.09. The topological polar surface area (TPSA) is 64.1 Å². The minimum Gasteiger partial charge on any atom is -0.466 e. The maximum Gasteiger partial charge on any atom is 0.326 e. The number of hydrogen-bond acceptors (Lipinski definition) is 4. The number of aromatic amines is 1. The second-order valence-electron chi connectivity index (χ2n) is 3.23. The van der Waals surface area contributed by atoms with E-state index in [1.165, 1.54) is 4.57 Å². The molecule has 1 heterocycles. The van der Waals surface area contributed by atoms with Crippen LogP contribution >= 0.6 is 12.2 Å². The van der Waals surface area contributed by atoms with Gasteiger partial charge in [0, 0.05) is 19.2 Å². The molecule has 16 heavy (non-hydrogen) atoms. The molecule has 1 aromatic rings. The summed E-state index contributed by atoms with van der Waals surface area (Å²) in [4.78, 5) is 24.7. The summed E-state index contributed by atoms with van der Waals surface area (Å²) in [5.74, 6) is -0.222. The molecule has 0 spiro atoms. The first-order valence-corrected chi connectivity index (χ1v) is 5.49. The number of aromatic nitrogens is 2. The van der Waals surface area contributed by atoms with Crippen LogP contribution in [0.15, 0.2) is 17.1 Å². The third-order valence-corrected chi connectivity index (χ3v) is 2.23. The Labute approximate surface area is 98.1 Å². The van der Waals surface area contributed by atoms with Gasteiger partial charge in [-0.3, -0.25) is 9.78 Å². The fraction of sp³-hybridized carbons (Fsp3) is 0.500. The smallest absolute Gasteiger partial charge is 0.326 e. The summed E-state index contributed by atoms with van der Waals surface area (Å²) >= 11 is 4.81. The van der Waals surface area contributed by atoms with Crippen LogP contribution in [0.5, 0.6) is 0 Å². The minimum atomic E-state index is -0.241. The van der Waals surface area contributed by atoms with Gasteiger partial charge in [-0.25, -0.2) is 4.79 Å². The van der Waals surface area contributed by atoms with Crippen LogP contribution in [0, 0.1) is 4.64 Å². The predicted octanol–water partition coefficient (Wildman–Crippen LogP) is 1.25. The monoisotopic (exact) mass is 242 g/mol. The van der Waals surface area contributed by atoms with E-state index < -0.39 is 0 Å². The number of esters is 1. The highest BCUT2D eigenvalue weighted by molar-refractivity contribution is 7.71. The third-order valence-electron chi connectivity index (χ3n) is 1.99. The van der Waals surface area contributed by atoms with Gasteiger partial charge in [-0.2, -0.15) is 0 Å². The summed E-state index contributed by atoms with van der Waals surface area (Å²) in [7, 11) is 0. The lowest BCUT2D eigenvalue weighted by Gasteiger charge is -2.05. The molecule has 0 aliphatic rings. The molecule has 0 unspecified atom stereocenters. The Balaban J connectivity index is 2.41. The number of nitrogens with one attached hydrogen (secondary N) is 1. The highest BCUT2D eigenvalue weighted by Gasteiger charge is 1.99. The van der Waals surface area contributed by atoms with E-state index in [0.717, 1.165) is 0 Å². The van der Waals surface area contributed by atoms with Crippen LogP contribution < -0.4 is 5.69 Å². The zero-order valence-corrected chi connectivity index (χ0v) is 9.88. The lowest BCUT2D eigenvalue weighted by Crippen LogP contribution is -2.22. The van der Waals surface area contributed by atoms with Crippen molar-refractivity contribution >= 4 is 18.2 Å². The largest absolute Gasteiger partial charge is 0.466 e. The van der Waals surface area contributed by atoms with Crippen molar-refractivity contribution in [2.24, 2.45) is 0 Å². The van der Waals surface area contributed by atoms with E-state index in [1.807, 2.05) is 0 Å². The lowest BCUT2D eigenvalue weighted by molar-refractivity contribution is -0.143. The zero-order valence-electron chi connectivity index (χ0n) is 9.06. The van der Waals surface area contributed by atoms with Gasteiger partial charge in [0.05, 0.1) is 6.61 Å². The van der Waals surface area contributed by atoms with Gasteiger partial charge >= 0.3 is 11.7 Å². The first kappa shape index (κ1) is 12.6. The molecule has 0 saturated carbocycles. The van der Waals surface area contributed by atoms with Gasteiger partial charge in [0.25, 0.3) is 0 Å². The van der Waals surface area contributed by atoms with Gasteiger partial charge in [-0.15, -0.1) is 0 Å². The van der Waals surface area contributed by atoms with Crippen molar-refractivity contribution in [3.05, 3.63) is 27.4 Å². The van der Waals surface area contributed by atoms with Gasteiger partial charge in [-0.1, -0.05) is 19.1 Å². The molecule has 0 aromatic carbocycles. The Morgan fingerprint density at radius 3 is 3.00 bits per heavy atom. The van der Waals surface area contributed by atoms with Gasteiger partial charge in [0.2, 0.25) is 0 Å². The van der Waals surface area contributed by atoms with Crippen LogP contribution in [0.2, 0.25) is 0 Å². The Morgan fingerprint density at radius 1 is 1.62 bits per heavy atom. The molecule has 1 rings (SSSR count). The molecule has 1 N–H and O–H groups in total. The van der Waals surface area contributed by atoms with Crippen molar-refractivity contribution in [1.82, 2.24) is 9.55 Å². The summed E-state index contributed by atoms with van der Waals surface area (Å²) in [6.45, 7) is 2.57. The molecular weight excluding hydrogens is 228 g/mol. The quantitative estimate of drug-likeness (QED) is 0.479. The highest BCUT2D eigenvalue weighted by atomic mass is 32.1. The van der Waals surface area contributed by atoms with Crippen molar-refractivity contribution in [3.63, 3.8) is 0 Å². The van der Waals surface area contributed by atoms with Crippen molar-refractivity contribution in [2.75, 3.05) is 6.61 Å². The first-order chi connectivity index (χ1) is 7.63. The van der Waals surface area contributed by atoms with Gasteiger partial charge in [-0.05, 0) is 12.5 Å². The summed E-state index contributed by atoms with van der Waals surface area (Å²) in [6, 6.07) is 1.65. The zero-order chi connectivity index (χ0) is 12.0. The third kappa shape index (κ3) is 3.98. The van der Waals surface area contributed by atoms with E-state index >= 15 is 0 Å². The minimum absolute atomic E-state index is 0.222. The normalized spacial score (nSPS) is 10.1. The molecule has 0 aliphatic heterocycles. The van der Waals surface area contributed by atoms with E-state index in [4.69, 9.17) is 17.0 Å². The number of ether oxygens (including phenoxy) is 1. The summed E-state index contributed by atoms with van der Waals surface area (Å²) in [5.41, 5.74) is -0.241. The lowest BCUT2D eigenvalue weighted by atomic mass is 10.4. The number of aryl methyl sites for hydroxylation is 1. The molecule has 0 radical (unpaired) electrons. The molecular formula is C10H14N2O3S. The van der Waals surface area contributed by atoms with Crippen LogP contribution in [-0.2, 0) is 16.1 Å². The van der Waals surface area contributed by atoms with Crippen molar-refractivity contribution in [1.29, 1.82) is 0 Å². The molecule has 0 saturated heterocycles. The van der Waals surface area contributed by atoms with Crippen LogP contribution in [0.3, 0.4) is 0 Å². The van der Waals surface area contributed by atoms with E-state index in [-0.39, 0.29) is 11.7 Å². The van der Waals surface area contributed by atoms with E-state index in [0.29, 0.717) is 30.6 Å².